The van der Waals surface area contributed by atoms with Crippen molar-refractivity contribution in [2.45, 2.75) is 26.2 Å². The summed E-state index contributed by atoms with van der Waals surface area (Å²) in [6, 6.07) is 10.1. The van der Waals surface area contributed by atoms with Gasteiger partial charge in [-0.1, -0.05) is 44.5 Å². The van der Waals surface area contributed by atoms with E-state index in [1.54, 1.807) is 0 Å². The van der Waals surface area contributed by atoms with Gasteiger partial charge < -0.3 is 4.42 Å². The van der Waals surface area contributed by atoms with Crippen molar-refractivity contribution in [2.75, 3.05) is 0 Å². The van der Waals surface area contributed by atoms with Crippen LogP contribution in [0, 0.1) is 0 Å². The summed E-state index contributed by atoms with van der Waals surface area (Å²) in [5.74, 6) is 0. The minimum atomic E-state index is 0.0686. The molecule has 0 amide bonds. The van der Waals surface area contributed by atoms with Crippen LogP contribution in [0.3, 0.4) is 0 Å². The Hall–Kier alpha value is -1.47. The van der Waals surface area contributed by atoms with Crippen LogP contribution in [0.25, 0.3) is 21.7 Å². The molecule has 0 radical (unpaired) electrons. The Kier molecular flexibility index (Phi) is 2.43. The van der Waals surface area contributed by atoms with Crippen molar-refractivity contribution in [1.82, 2.24) is 0 Å². The van der Waals surface area contributed by atoms with E-state index in [-0.39, 0.29) is 5.41 Å². The van der Waals surface area contributed by atoms with Crippen LogP contribution in [0.5, 0.6) is 0 Å². The van der Waals surface area contributed by atoms with Gasteiger partial charge in [-0.25, -0.2) is 0 Å². The van der Waals surface area contributed by atoms with Crippen molar-refractivity contribution < 1.29 is 4.42 Å². The Bertz CT molecular complexity index is 732. The first-order valence-electron chi connectivity index (χ1n) is 6.07. The highest BCUT2D eigenvalue weighted by atomic mass is 35.5. The number of hydrogen-bond acceptors (Lipinski definition) is 1. The van der Waals surface area contributed by atoms with Gasteiger partial charge in [-0.3, -0.25) is 0 Å². The highest BCUT2D eigenvalue weighted by Gasteiger charge is 2.21. The van der Waals surface area contributed by atoms with E-state index in [0.29, 0.717) is 0 Å². The third kappa shape index (κ3) is 1.70. The minimum absolute atomic E-state index is 0.0686. The molecule has 1 nitrogen and oxygen atoms in total. The molecule has 0 saturated heterocycles. The predicted octanol–water partition coefficient (Wildman–Crippen LogP) is 5.54. The Morgan fingerprint density at radius 3 is 2.56 bits per heavy atom. The maximum absolute atomic E-state index is 6.05. The van der Waals surface area contributed by atoms with Crippen LogP contribution in [-0.2, 0) is 5.41 Å². The van der Waals surface area contributed by atoms with Crippen molar-refractivity contribution in [1.29, 1.82) is 0 Å². The summed E-state index contributed by atoms with van der Waals surface area (Å²) >= 11 is 6.05. The summed E-state index contributed by atoms with van der Waals surface area (Å²) in [5, 5.41) is 4.33. The lowest BCUT2D eigenvalue weighted by Gasteiger charge is -2.17. The molecule has 0 spiro atoms. The van der Waals surface area contributed by atoms with E-state index >= 15 is 0 Å². The highest BCUT2D eigenvalue weighted by molar-refractivity contribution is 6.31. The van der Waals surface area contributed by atoms with Crippen molar-refractivity contribution >= 4 is 33.3 Å². The fourth-order valence-corrected chi connectivity index (χ4v) is 2.57. The van der Waals surface area contributed by atoms with Gasteiger partial charge in [-0.05, 0) is 34.4 Å². The molecule has 0 saturated carbocycles. The molecule has 3 aromatic rings. The Labute approximate surface area is 111 Å². The third-order valence-electron chi connectivity index (χ3n) is 3.32. The fraction of sp³-hybridized carbons (Fsp3) is 0.250. The SMILES string of the molecule is CC(C)(C)c1coc2ccc3cc(Cl)ccc3c12. The molecule has 0 aliphatic heterocycles. The molecule has 0 bridgehead atoms. The molecule has 1 aromatic heterocycles. The molecule has 0 atom stereocenters. The lowest BCUT2D eigenvalue weighted by Crippen LogP contribution is -2.09. The Balaban J connectivity index is 2.48. The molecule has 2 aromatic carbocycles. The summed E-state index contributed by atoms with van der Waals surface area (Å²) < 4.78 is 5.68. The van der Waals surface area contributed by atoms with E-state index in [4.69, 9.17) is 16.0 Å². The quantitative estimate of drug-likeness (QED) is 0.516. The van der Waals surface area contributed by atoms with Gasteiger partial charge in [0.2, 0.25) is 0 Å². The fourth-order valence-electron chi connectivity index (χ4n) is 2.39. The van der Waals surface area contributed by atoms with Crippen molar-refractivity contribution in [3.05, 3.63) is 47.2 Å². The lowest BCUT2D eigenvalue weighted by molar-refractivity contribution is 0.557. The number of rotatable bonds is 0. The van der Waals surface area contributed by atoms with E-state index in [9.17, 15) is 0 Å². The molecule has 3 rings (SSSR count). The largest absolute Gasteiger partial charge is 0.464 e. The van der Waals surface area contributed by atoms with E-state index in [0.717, 1.165) is 16.0 Å². The first-order chi connectivity index (χ1) is 8.47. The standard InChI is InChI=1S/C16H15ClO/c1-16(2,3)13-9-18-14-7-4-10-8-11(17)5-6-12(10)15(13)14/h4-9H,1-3H3. The van der Waals surface area contributed by atoms with Gasteiger partial charge in [0, 0.05) is 16.0 Å². The van der Waals surface area contributed by atoms with E-state index < -0.39 is 0 Å². The maximum atomic E-state index is 6.05. The number of fused-ring (bicyclic) bond motifs is 3. The van der Waals surface area contributed by atoms with Crippen LogP contribution in [0.2, 0.25) is 5.02 Å². The molecule has 0 unspecified atom stereocenters. The topological polar surface area (TPSA) is 13.1 Å². The molecule has 0 N–H and O–H groups in total. The van der Waals surface area contributed by atoms with Crippen LogP contribution in [0.4, 0.5) is 0 Å². The number of hydrogen-bond donors (Lipinski definition) is 0. The van der Waals surface area contributed by atoms with Gasteiger partial charge in [0.1, 0.15) is 5.58 Å². The molecule has 0 aliphatic carbocycles. The first-order valence-corrected chi connectivity index (χ1v) is 6.44. The predicted molar refractivity (Wildman–Crippen MR) is 77.4 cm³/mol. The van der Waals surface area contributed by atoms with Crippen LogP contribution in [-0.4, -0.2) is 0 Å². The number of halogens is 1. The summed E-state index contributed by atoms with van der Waals surface area (Å²) in [4.78, 5) is 0. The summed E-state index contributed by atoms with van der Waals surface area (Å²) in [7, 11) is 0. The van der Waals surface area contributed by atoms with Gasteiger partial charge in [-0.2, -0.15) is 0 Å². The maximum Gasteiger partial charge on any atom is 0.134 e. The van der Waals surface area contributed by atoms with Gasteiger partial charge in [-0.15, -0.1) is 0 Å². The van der Waals surface area contributed by atoms with Gasteiger partial charge in [0.05, 0.1) is 6.26 Å². The Morgan fingerprint density at radius 2 is 1.83 bits per heavy atom. The second kappa shape index (κ2) is 3.76. The summed E-state index contributed by atoms with van der Waals surface area (Å²) in [6.45, 7) is 6.60. The van der Waals surface area contributed by atoms with Crippen molar-refractivity contribution in [2.24, 2.45) is 0 Å². The second-order valence-corrected chi connectivity index (χ2v) is 6.14. The van der Waals surface area contributed by atoms with Gasteiger partial charge in [0.15, 0.2) is 0 Å². The monoisotopic (exact) mass is 258 g/mol. The van der Waals surface area contributed by atoms with Crippen LogP contribution >= 0.6 is 11.6 Å². The van der Waals surface area contributed by atoms with Crippen LogP contribution in [0.15, 0.2) is 41.0 Å². The van der Waals surface area contributed by atoms with E-state index in [1.165, 1.54) is 16.3 Å². The molecule has 0 aliphatic rings. The Morgan fingerprint density at radius 1 is 1.06 bits per heavy atom. The summed E-state index contributed by atoms with van der Waals surface area (Å²) in [5.41, 5.74) is 2.25. The van der Waals surface area contributed by atoms with Crippen molar-refractivity contribution in [3.63, 3.8) is 0 Å². The van der Waals surface area contributed by atoms with Gasteiger partial charge in [0.25, 0.3) is 0 Å². The molecule has 18 heavy (non-hydrogen) atoms. The normalized spacial score (nSPS) is 12.4. The number of furan rings is 1. The average Bonchev–Trinajstić information content (AvgIpc) is 2.71. The molecule has 92 valence electrons. The zero-order valence-electron chi connectivity index (χ0n) is 10.8. The molecule has 1 heterocycles. The number of benzene rings is 2. The van der Waals surface area contributed by atoms with Crippen molar-refractivity contribution in [3.8, 4) is 0 Å². The van der Waals surface area contributed by atoms with Crippen LogP contribution < -0.4 is 0 Å². The average molecular weight is 259 g/mol. The van der Waals surface area contributed by atoms with Crippen LogP contribution in [0.1, 0.15) is 26.3 Å². The zero-order chi connectivity index (χ0) is 12.9. The van der Waals surface area contributed by atoms with Gasteiger partial charge >= 0.3 is 0 Å². The van der Waals surface area contributed by atoms with E-state index in [1.807, 2.05) is 24.5 Å². The lowest BCUT2D eigenvalue weighted by atomic mass is 9.85. The second-order valence-electron chi connectivity index (χ2n) is 5.70. The summed E-state index contributed by atoms with van der Waals surface area (Å²) in [6.07, 6.45) is 1.87. The third-order valence-corrected chi connectivity index (χ3v) is 3.56. The zero-order valence-corrected chi connectivity index (χ0v) is 11.5. The molecular weight excluding hydrogens is 244 g/mol. The molecular formula is C16H15ClO. The van der Waals surface area contributed by atoms with E-state index in [2.05, 4.69) is 32.9 Å². The highest BCUT2D eigenvalue weighted by Crippen LogP contribution is 2.36. The smallest absolute Gasteiger partial charge is 0.134 e. The minimum Gasteiger partial charge on any atom is -0.464 e. The first kappa shape index (κ1) is 11.6. The molecule has 0 fully saturated rings. The molecule has 2 heteroatoms.